The molecule has 0 bridgehead atoms. The Morgan fingerprint density at radius 2 is 2.06 bits per heavy atom. The maximum atomic E-state index is 14.2. The molecule has 0 radical (unpaired) electrons. The average molecular weight is 541 g/mol. The van der Waals surface area contributed by atoms with Crippen molar-refractivity contribution in [1.29, 1.82) is 0 Å². The molecule has 0 unspecified atom stereocenters. The highest BCUT2D eigenvalue weighted by Gasteiger charge is 2.42. The van der Waals surface area contributed by atoms with Gasteiger partial charge in [0.15, 0.2) is 5.01 Å². The number of sulfonamides is 1. The fourth-order valence-corrected chi connectivity index (χ4v) is 6.79. The van der Waals surface area contributed by atoms with Crippen LogP contribution in [0, 0.1) is 0 Å². The zero-order chi connectivity index (χ0) is 25.4. The monoisotopic (exact) mass is 540 g/mol. The van der Waals surface area contributed by atoms with Gasteiger partial charge in [0.2, 0.25) is 20.9 Å². The molecule has 192 valence electrons. The smallest absolute Gasteiger partial charge is 0.291 e. The lowest BCUT2D eigenvalue weighted by molar-refractivity contribution is 0.150. The molecule has 36 heavy (non-hydrogen) atoms. The van der Waals surface area contributed by atoms with Crippen LogP contribution >= 0.6 is 11.3 Å². The van der Waals surface area contributed by atoms with E-state index in [0.29, 0.717) is 40.4 Å². The fourth-order valence-electron chi connectivity index (χ4n) is 4.57. The predicted molar refractivity (Wildman–Crippen MR) is 128 cm³/mol. The molecule has 0 amide bonds. The molecule has 2 aliphatic rings. The van der Waals surface area contributed by atoms with Crippen molar-refractivity contribution in [2.24, 2.45) is 5.73 Å². The van der Waals surface area contributed by atoms with Crippen molar-refractivity contribution < 1.29 is 21.6 Å². The molecule has 3 N–H and O–H groups in total. The van der Waals surface area contributed by atoms with Crippen LogP contribution in [-0.4, -0.2) is 63.4 Å². The summed E-state index contributed by atoms with van der Waals surface area (Å²) in [4.78, 5) is 6.22. The van der Waals surface area contributed by atoms with Gasteiger partial charge in [-0.25, -0.2) is 31.3 Å². The first-order valence-electron chi connectivity index (χ1n) is 11.4. The number of nitrogens with two attached hydrogens (primary N) is 1. The maximum absolute atomic E-state index is 14.2. The Balaban J connectivity index is 1.61. The highest BCUT2D eigenvalue weighted by atomic mass is 32.2. The number of piperidine rings is 1. The molecule has 2 atom stereocenters. The molecule has 10 nitrogen and oxygen atoms in total. The molecular weight excluding hydrogens is 517 g/mol. The molecule has 1 aliphatic carbocycles. The van der Waals surface area contributed by atoms with Gasteiger partial charge in [0.25, 0.3) is 6.43 Å². The third kappa shape index (κ3) is 3.84. The van der Waals surface area contributed by atoms with Gasteiger partial charge in [-0.2, -0.15) is 0 Å². The second-order valence-corrected chi connectivity index (χ2v) is 12.2. The van der Waals surface area contributed by atoms with E-state index in [0.717, 1.165) is 12.8 Å². The Morgan fingerprint density at radius 3 is 2.72 bits per heavy atom. The summed E-state index contributed by atoms with van der Waals surface area (Å²) in [6, 6.07) is 2.29. The first-order chi connectivity index (χ1) is 17.1. The van der Waals surface area contributed by atoms with E-state index in [2.05, 4.69) is 19.9 Å². The van der Waals surface area contributed by atoms with E-state index in [1.807, 2.05) is 11.8 Å². The van der Waals surface area contributed by atoms with Crippen LogP contribution in [0.1, 0.15) is 37.6 Å². The van der Waals surface area contributed by atoms with Crippen molar-refractivity contribution in [2.45, 2.75) is 55.3 Å². The van der Waals surface area contributed by atoms with Crippen molar-refractivity contribution in [3.63, 3.8) is 0 Å². The number of alkyl halides is 3. The van der Waals surface area contributed by atoms with E-state index in [-0.39, 0.29) is 23.0 Å². The van der Waals surface area contributed by atoms with Crippen LogP contribution in [0.5, 0.6) is 0 Å². The summed E-state index contributed by atoms with van der Waals surface area (Å²) in [7, 11) is -3.94. The summed E-state index contributed by atoms with van der Waals surface area (Å²) in [6.45, 7) is 2.34. The van der Waals surface area contributed by atoms with E-state index in [4.69, 9.17) is 5.73 Å². The number of anilines is 1. The average Bonchev–Trinajstić information content (AvgIpc) is 3.21. The molecule has 3 aromatic heterocycles. The van der Waals surface area contributed by atoms with E-state index in [1.165, 1.54) is 10.6 Å². The van der Waals surface area contributed by atoms with E-state index in [9.17, 15) is 21.6 Å². The molecule has 15 heteroatoms. The van der Waals surface area contributed by atoms with Gasteiger partial charge in [-0.1, -0.05) is 11.3 Å². The van der Waals surface area contributed by atoms with Crippen LogP contribution in [0.15, 0.2) is 29.4 Å². The molecule has 2 fully saturated rings. The summed E-state index contributed by atoms with van der Waals surface area (Å²) >= 11 is 0.696. The zero-order valence-corrected chi connectivity index (χ0v) is 20.7. The van der Waals surface area contributed by atoms with Crippen molar-refractivity contribution in [3.05, 3.63) is 29.5 Å². The fraction of sp³-hybridized carbons (Fsp3) is 0.476. The number of halogens is 3. The Bertz CT molecular complexity index is 1580. The quantitative estimate of drug-likeness (QED) is 0.386. The van der Waals surface area contributed by atoms with Crippen molar-refractivity contribution in [2.75, 3.05) is 18.0 Å². The van der Waals surface area contributed by atoms with E-state index < -0.39 is 39.2 Å². The minimum absolute atomic E-state index is 0.00494. The largest absolute Gasteiger partial charge is 0.368 e. The first kappa shape index (κ1) is 23.6. The Hall–Kier alpha value is -2.75. The van der Waals surface area contributed by atoms with Gasteiger partial charge in [-0.05, 0) is 38.3 Å². The molecule has 1 aromatic carbocycles. The SMILES string of the molecule is CC1(NS(=O)(=O)c2cc(N3CC[C@@H](F)[C@H](N)C3)c3c(c2)n(-c2nnc(C(F)F)s2)c2nccn32)CC1. The number of nitrogens with zero attached hydrogens (tertiary/aromatic N) is 6. The van der Waals surface area contributed by atoms with Crippen molar-refractivity contribution in [1.82, 2.24) is 28.9 Å². The summed E-state index contributed by atoms with van der Waals surface area (Å²) in [6.07, 6.45) is 0.921. The number of hydrogen-bond acceptors (Lipinski definition) is 8. The van der Waals surface area contributed by atoms with E-state index in [1.54, 1.807) is 22.9 Å². The van der Waals surface area contributed by atoms with Crippen LogP contribution in [0.4, 0.5) is 18.9 Å². The van der Waals surface area contributed by atoms with Crippen LogP contribution in [0.25, 0.3) is 21.9 Å². The summed E-state index contributed by atoms with van der Waals surface area (Å²) in [5.41, 5.74) is 7.02. The van der Waals surface area contributed by atoms with Gasteiger partial charge in [-0.3, -0.25) is 8.97 Å². The number of rotatable bonds is 6. The summed E-state index contributed by atoms with van der Waals surface area (Å²) in [5, 5.41) is 7.19. The van der Waals surface area contributed by atoms with Gasteiger partial charge < -0.3 is 10.6 Å². The lowest BCUT2D eigenvalue weighted by Gasteiger charge is -2.35. The van der Waals surface area contributed by atoms with Crippen LogP contribution in [0.2, 0.25) is 0 Å². The molecule has 4 aromatic rings. The lowest BCUT2D eigenvalue weighted by atomic mass is 10.0. The van der Waals surface area contributed by atoms with Crippen molar-refractivity contribution >= 4 is 43.9 Å². The zero-order valence-electron chi connectivity index (χ0n) is 19.1. The number of hydrogen-bond donors (Lipinski definition) is 2. The number of benzene rings is 1. The third-order valence-electron chi connectivity index (χ3n) is 6.76. The number of nitrogens with one attached hydrogen (secondary N) is 1. The standard InChI is InChI=1S/C21H23F3N8O2S2/c1-21(3-4-21)29-36(33,34)11-8-14(30-6-2-12(22)13(25)10-30)16-15(9-11)32(19-26-5-7-31(16)19)20-28-27-18(35-20)17(23)24/h5,7-9,12-13,17,29H,2-4,6,10,25H2,1H3/t12-,13-/m1/s1. The minimum atomic E-state index is -3.94. The number of fused-ring (bicyclic) bond motifs is 3. The van der Waals surface area contributed by atoms with Crippen molar-refractivity contribution in [3.8, 4) is 5.13 Å². The molecule has 1 aliphatic heterocycles. The Morgan fingerprint density at radius 1 is 1.28 bits per heavy atom. The minimum Gasteiger partial charge on any atom is -0.368 e. The predicted octanol–water partition coefficient (Wildman–Crippen LogP) is 2.77. The molecule has 1 saturated carbocycles. The molecule has 4 heterocycles. The van der Waals surface area contributed by atoms with Gasteiger partial charge >= 0.3 is 0 Å². The Labute approximate surface area is 208 Å². The number of imidazole rings is 2. The normalized spacial score (nSPS) is 22.2. The van der Waals surface area contributed by atoms with Crippen LogP contribution in [0.3, 0.4) is 0 Å². The van der Waals surface area contributed by atoms with Gasteiger partial charge in [0.1, 0.15) is 6.17 Å². The van der Waals surface area contributed by atoms with Gasteiger partial charge in [0.05, 0.1) is 27.7 Å². The van der Waals surface area contributed by atoms with Crippen LogP contribution in [-0.2, 0) is 10.0 Å². The summed E-state index contributed by atoms with van der Waals surface area (Å²) < 4.78 is 73.6. The van der Waals surface area contributed by atoms with Gasteiger partial charge in [-0.15, -0.1) is 10.2 Å². The molecule has 6 rings (SSSR count). The first-order valence-corrected chi connectivity index (χ1v) is 13.7. The highest BCUT2D eigenvalue weighted by Crippen LogP contribution is 2.39. The van der Waals surface area contributed by atoms with Gasteiger partial charge in [0, 0.05) is 31.0 Å². The Kier molecular flexibility index (Phi) is 5.34. The topological polar surface area (TPSA) is 123 Å². The third-order valence-corrected chi connectivity index (χ3v) is 9.29. The second-order valence-electron chi connectivity index (χ2n) is 9.55. The summed E-state index contributed by atoms with van der Waals surface area (Å²) in [5.74, 6) is 0.351. The number of aromatic nitrogens is 5. The molecule has 1 saturated heterocycles. The van der Waals surface area contributed by atoms with E-state index >= 15 is 0 Å². The maximum Gasteiger partial charge on any atom is 0.291 e. The van der Waals surface area contributed by atoms with Crippen LogP contribution < -0.4 is 15.4 Å². The highest BCUT2D eigenvalue weighted by molar-refractivity contribution is 7.89. The lowest BCUT2D eigenvalue weighted by Crippen LogP contribution is -2.49. The second kappa shape index (κ2) is 8.13. The molecule has 0 spiro atoms. The molecular formula is C21H23F3N8O2S2.